The SMILES string of the molecule is COc1ccccc1CCNc1nccc(NCc2cccnc2)n1. The van der Waals surface area contributed by atoms with Crippen LogP contribution in [-0.2, 0) is 13.0 Å². The molecule has 0 radical (unpaired) electrons. The van der Waals surface area contributed by atoms with Crippen LogP contribution in [0.3, 0.4) is 0 Å². The largest absolute Gasteiger partial charge is 0.496 e. The van der Waals surface area contributed by atoms with Gasteiger partial charge in [0.15, 0.2) is 0 Å². The molecule has 3 rings (SSSR count). The minimum absolute atomic E-state index is 0.603. The number of aromatic nitrogens is 3. The Morgan fingerprint density at radius 1 is 1.00 bits per heavy atom. The van der Waals surface area contributed by atoms with Gasteiger partial charge in [-0.05, 0) is 35.7 Å². The Morgan fingerprint density at radius 2 is 1.92 bits per heavy atom. The molecule has 0 aliphatic heterocycles. The van der Waals surface area contributed by atoms with Crippen LogP contribution in [0.25, 0.3) is 0 Å². The van der Waals surface area contributed by atoms with Gasteiger partial charge in [0.1, 0.15) is 11.6 Å². The molecular weight excluding hydrogens is 314 g/mol. The van der Waals surface area contributed by atoms with Gasteiger partial charge in [0, 0.05) is 31.7 Å². The van der Waals surface area contributed by atoms with E-state index in [4.69, 9.17) is 4.74 Å². The maximum absolute atomic E-state index is 5.37. The lowest BCUT2D eigenvalue weighted by atomic mass is 10.1. The fraction of sp³-hybridized carbons (Fsp3) is 0.211. The molecule has 0 unspecified atom stereocenters. The Hall–Kier alpha value is -3.15. The first kappa shape index (κ1) is 16.7. The van der Waals surface area contributed by atoms with Crippen molar-refractivity contribution in [3.63, 3.8) is 0 Å². The minimum Gasteiger partial charge on any atom is -0.496 e. The Bertz CT molecular complexity index is 795. The number of anilines is 2. The number of hydrogen-bond acceptors (Lipinski definition) is 6. The van der Waals surface area contributed by atoms with E-state index in [0.717, 1.165) is 35.7 Å². The van der Waals surface area contributed by atoms with E-state index in [1.54, 1.807) is 19.5 Å². The van der Waals surface area contributed by atoms with Gasteiger partial charge < -0.3 is 15.4 Å². The van der Waals surface area contributed by atoms with Crippen LogP contribution in [0.5, 0.6) is 5.75 Å². The van der Waals surface area contributed by atoms with Crippen molar-refractivity contribution in [3.05, 3.63) is 72.2 Å². The van der Waals surface area contributed by atoms with Gasteiger partial charge in [-0.1, -0.05) is 24.3 Å². The molecule has 2 heterocycles. The third kappa shape index (κ3) is 4.91. The molecule has 25 heavy (non-hydrogen) atoms. The Balaban J connectivity index is 1.53. The third-order valence-electron chi connectivity index (χ3n) is 3.72. The average Bonchev–Trinajstić information content (AvgIpc) is 2.68. The van der Waals surface area contributed by atoms with E-state index < -0.39 is 0 Å². The van der Waals surface area contributed by atoms with Crippen LogP contribution in [0.4, 0.5) is 11.8 Å². The Labute approximate surface area is 147 Å². The number of nitrogens with zero attached hydrogens (tertiary/aromatic N) is 3. The van der Waals surface area contributed by atoms with Crippen LogP contribution in [0, 0.1) is 0 Å². The second-order valence-electron chi connectivity index (χ2n) is 5.47. The summed E-state index contributed by atoms with van der Waals surface area (Å²) in [5, 5.41) is 6.53. The summed E-state index contributed by atoms with van der Waals surface area (Å²) < 4.78 is 5.37. The normalized spacial score (nSPS) is 10.3. The summed E-state index contributed by atoms with van der Waals surface area (Å²) in [6.07, 6.45) is 6.17. The van der Waals surface area contributed by atoms with Crippen molar-refractivity contribution in [1.29, 1.82) is 0 Å². The molecule has 6 heteroatoms. The van der Waals surface area contributed by atoms with Crippen molar-refractivity contribution < 1.29 is 4.74 Å². The zero-order valence-electron chi connectivity index (χ0n) is 14.1. The lowest BCUT2D eigenvalue weighted by Gasteiger charge is -2.10. The van der Waals surface area contributed by atoms with E-state index in [9.17, 15) is 0 Å². The van der Waals surface area contributed by atoms with Gasteiger partial charge in [-0.25, -0.2) is 4.98 Å². The van der Waals surface area contributed by atoms with Gasteiger partial charge in [0.05, 0.1) is 7.11 Å². The van der Waals surface area contributed by atoms with Crippen LogP contribution in [-0.4, -0.2) is 28.6 Å². The number of nitrogens with one attached hydrogen (secondary N) is 2. The number of rotatable bonds is 8. The van der Waals surface area contributed by atoms with Gasteiger partial charge in [0.2, 0.25) is 5.95 Å². The van der Waals surface area contributed by atoms with Gasteiger partial charge in [-0.3, -0.25) is 4.98 Å². The van der Waals surface area contributed by atoms with E-state index in [2.05, 4.69) is 31.7 Å². The first-order valence-electron chi connectivity index (χ1n) is 8.17. The molecule has 0 fully saturated rings. The van der Waals surface area contributed by atoms with Crippen LogP contribution < -0.4 is 15.4 Å². The molecule has 1 aromatic carbocycles. The van der Waals surface area contributed by atoms with Gasteiger partial charge in [-0.15, -0.1) is 0 Å². The number of methoxy groups -OCH3 is 1. The van der Waals surface area contributed by atoms with E-state index >= 15 is 0 Å². The van der Waals surface area contributed by atoms with Crippen molar-refractivity contribution in [2.24, 2.45) is 0 Å². The van der Waals surface area contributed by atoms with Crippen LogP contribution in [0.2, 0.25) is 0 Å². The molecule has 0 atom stereocenters. The molecule has 0 aliphatic carbocycles. The summed E-state index contributed by atoms with van der Waals surface area (Å²) in [5.41, 5.74) is 2.26. The molecule has 128 valence electrons. The molecule has 3 aromatic rings. The van der Waals surface area contributed by atoms with Gasteiger partial charge >= 0.3 is 0 Å². The predicted molar refractivity (Wildman–Crippen MR) is 98.8 cm³/mol. The highest BCUT2D eigenvalue weighted by molar-refractivity contribution is 5.40. The van der Waals surface area contributed by atoms with Crippen molar-refractivity contribution in [2.45, 2.75) is 13.0 Å². The summed E-state index contributed by atoms with van der Waals surface area (Å²) in [7, 11) is 1.69. The first-order valence-corrected chi connectivity index (χ1v) is 8.17. The summed E-state index contributed by atoms with van der Waals surface area (Å²) in [6.45, 7) is 1.40. The minimum atomic E-state index is 0.603. The smallest absolute Gasteiger partial charge is 0.224 e. The lowest BCUT2D eigenvalue weighted by Crippen LogP contribution is -2.10. The number of hydrogen-bond donors (Lipinski definition) is 2. The van der Waals surface area contributed by atoms with Crippen LogP contribution in [0.1, 0.15) is 11.1 Å². The number of pyridine rings is 1. The topological polar surface area (TPSA) is 72.0 Å². The monoisotopic (exact) mass is 335 g/mol. The van der Waals surface area contributed by atoms with Gasteiger partial charge in [0.25, 0.3) is 0 Å². The van der Waals surface area contributed by atoms with E-state index in [-0.39, 0.29) is 0 Å². The Morgan fingerprint density at radius 3 is 2.76 bits per heavy atom. The summed E-state index contributed by atoms with van der Waals surface area (Å²) in [5.74, 6) is 2.28. The molecule has 2 N–H and O–H groups in total. The predicted octanol–water partition coefficient (Wildman–Crippen LogP) is 3.15. The summed E-state index contributed by atoms with van der Waals surface area (Å²) in [4.78, 5) is 12.8. The number of para-hydroxylation sites is 1. The third-order valence-corrected chi connectivity index (χ3v) is 3.72. The molecule has 0 amide bonds. The zero-order valence-corrected chi connectivity index (χ0v) is 14.1. The fourth-order valence-corrected chi connectivity index (χ4v) is 2.46. The van der Waals surface area contributed by atoms with Crippen molar-refractivity contribution in [2.75, 3.05) is 24.3 Å². The molecule has 0 saturated carbocycles. The first-order chi connectivity index (χ1) is 12.3. The van der Waals surface area contributed by atoms with E-state index in [1.165, 1.54) is 0 Å². The Kier molecular flexibility index (Phi) is 5.77. The average molecular weight is 335 g/mol. The van der Waals surface area contributed by atoms with Crippen LogP contribution in [0.15, 0.2) is 61.1 Å². The highest BCUT2D eigenvalue weighted by Gasteiger charge is 2.03. The molecule has 6 nitrogen and oxygen atoms in total. The molecule has 0 aliphatic rings. The second-order valence-corrected chi connectivity index (χ2v) is 5.47. The molecule has 2 aromatic heterocycles. The molecule has 0 spiro atoms. The summed E-state index contributed by atoms with van der Waals surface area (Å²) >= 11 is 0. The molecule has 0 saturated heterocycles. The quantitative estimate of drug-likeness (QED) is 0.659. The van der Waals surface area contributed by atoms with E-state index in [1.807, 2.05) is 42.6 Å². The highest BCUT2D eigenvalue weighted by atomic mass is 16.5. The summed E-state index contributed by atoms with van der Waals surface area (Å²) in [6, 6.07) is 13.8. The van der Waals surface area contributed by atoms with Gasteiger partial charge in [-0.2, -0.15) is 4.98 Å². The van der Waals surface area contributed by atoms with Crippen molar-refractivity contribution in [1.82, 2.24) is 15.0 Å². The zero-order chi connectivity index (χ0) is 17.3. The molecular formula is C19H21N5O. The standard InChI is InChI=1S/C19H21N5O/c1-25-17-7-3-2-6-16(17)8-11-21-19-22-12-9-18(24-19)23-14-15-5-4-10-20-13-15/h2-7,9-10,12-13H,8,11,14H2,1H3,(H2,21,22,23,24). The number of benzene rings is 1. The van der Waals surface area contributed by atoms with Crippen molar-refractivity contribution >= 4 is 11.8 Å². The fourth-order valence-electron chi connectivity index (χ4n) is 2.46. The lowest BCUT2D eigenvalue weighted by molar-refractivity contribution is 0.410. The molecule has 0 bridgehead atoms. The van der Waals surface area contributed by atoms with Crippen molar-refractivity contribution in [3.8, 4) is 5.75 Å². The maximum atomic E-state index is 5.37. The van der Waals surface area contributed by atoms with Crippen LogP contribution >= 0.6 is 0 Å². The van der Waals surface area contributed by atoms with E-state index in [0.29, 0.717) is 12.5 Å². The highest BCUT2D eigenvalue weighted by Crippen LogP contribution is 2.17. The maximum Gasteiger partial charge on any atom is 0.224 e. The number of ether oxygens (including phenoxy) is 1. The second kappa shape index (κ2) is 8.63.